The zero-order valence-corrected chi connectivity index (χ0v) is 17.1. The maximum atomic E-state index is 12.7. The van der Waals surface area contributed by atoms with E-state index in [9.17, 15) is 13.2 Å². The molecule has 1 saturated heterocycles. The zero-order valence-electron chi connectivity index (χ0n) is 16.3. The molecular formula is C19H25N5O3S. The van der Waals surface area contributed by atoms with Crippen molar-refractivity contribution in [2.24, 2.45) is 0 Å². The van der Waals surface area contributed by atoms with E-state index in [0.717, 1.165) is 31.6 Å². The fourth-order valence-electron chi connectivity index (χ4n) is 3.24. The molecule has 0 radical (unpaired) electrons. The molecule has 3 rings (SSSR count). The summed E-state index contributed by atoms with van der Waals surface area (Å²) in [7, 11) is -3.72. The van der Waals surface area contributed by atoms with E-state index in [0.29, 0.717) is 22.9 Å². The molecular weight excluding hydrogens is 378 g/mol. The maximum absolute atomic E-state index is 12.7. The van der Waals surface area contributed by atoms with Crippen LogP contribution in [0.1, 0.15) is 36.7 Å². The molecule has 1 aliphatic heterocycles. The highest BCUT2D eigenvalue weighted by Crippen LogP contribution is 2.21. The first kappa shape index (κ1) is 20.2. The van der Waals surface area contributed by atoms with Crippen molar-refractivity contribution in [1.82, 2.24) is 14.7 Å². The Labute approximate surface area is 165 Å². The zero-order chi connectivity index (χ0) is 20.3. The third-order valence-electron chi connectivity index (χ3n) is 4.51. The van der Waals surface area contributed by atoms with E-state index < -0.39 is 10.0 Å². The molecule has 9 heteroatoms. The largest absolute Gasteiger partial charge is 0.341 e. The van der Waals surface area contributed by atoms with E-state index in [1.807, 2.05) is 6.92 Å². The molecule has 1 aromatic carbocycles. The Morgan fingerprint density at radius 3 is 2.50 bits per heavy atom. The molecule has 2 N–H and O–H groups in total. The van der Waals surface area contributed by atoms with Crippen LogP contribution in [-0.4, -0.2) is 37.4 Å². The first-order valence-corrected chi connectivity index (χ1v) is 10.7. The van der Waals surface area contributed by atoms with Gasteiger partial charge in [-0.3, -0.25) is 4.79 Å². The number of nitrogens with one attached hydrogen (secondary N) is 2. The van der Waals surface area contributed by atoms with Crippen LogP contribution >= 0.6 is 0 Å². The van der Waals surface area contributed by atoms with Crippen molar-refractivity contribution < 1.29 is 13.2 Å². The second kappa shape index (κ2) is 8.24. The molecule has 0 bridgehead atoms. The molecule has 1 fully saturated rings. The monoisotopic (exact) mass is 403 g/mol. The van der Waals surface area contributed by atoms with E-state index >= 15 is 0 Å². The summed E-state index contributed by atoms with van der Waals surface area (Å²) in [4.78, 5) is 22.4. The van der Waals surface area contributed by atoms with Gasteiger partial charge in [-0.25, -0.2) is 23.1 Å². The van der Waals surface area contributed by atoms with Crippen molar-refractivity contribution in [2.75, 3.05) is 23.3 Å². The van der Waals surface area contributed by atoms with Crippen molar-refractivity contribution in [3.8, 4) is 0 Å². The van der Waals surface area contributed by atoms with Gasteiger partial charge in [0.1, 0.15) is 0 Å². The van der Waals surface area contributed by atoms with Gasteiger partial charge in [-0.05, 0) is 56.5 Å². The number of carbonyl (C=O) groups is 1. The summed E-state index contributed by atoms with van der Waals surface area (Å²) >= 11 is 0. The highest BCUT2D eigenvalue weighted by Gasteiger charge is 2.19. The number of carbonyl (C=O) groups excluding carboxylic acids is 1. The molecule has 1 aliphatic rings. The number of anilines is 2. The molecule has 0 spiro atoms. The SMILES string of the molecule is CC(=O)Nc1ccc(S(=O)(=O)NCc2cc(C)nc(N3CCCC3)n2)c(C)c1. The summed E-state index contributed by atoms with van der Waals surface area (Å²) < 4.78 is 28.1. The normalized spacial score (nSPS) is 14.3. The molecule has 1 aromatic heterocycles. The fraction of sp³-hybridized carbons (Fsp3) is 0.421. The number of hydrogen-bond donors (Lipinski definition) is 2. The second-order valence-electron chi connectivity index (χ2n) is 6.98. The number of benzene rings is 1. The Bertz CT molecular complexity index is 985. The van der Waals surface area contributed by atoms with Crippen molar-refractivity contribution in [3.05, 3.63) is 41.2 Å². The molecule has 0 saturated carbocycles. The number of rotatable bonds is 6. The van der Waals surface area contributed by atoms with Crippen LogP contribution in [0.4, 0.5) is 11.6 Å². The molecule has 28 heavy (non-hydrogen) atoms. The van der Waals surface area contributed by atoms with Crippen LogP contribution < -0.4 is 14.9 Å². The van der Waals surface area contributed by atoms with Gasteiger partial charge in [0, 0.05) is 31.4 Å². The Morgan fingerprint density at radius 2 is 1.86 bits per heavy atom. The lowest BCUT2D eigenvalue weighted by molar-refractivity contribution is -0.114. The van der Waals surface area contributed by atoms with Crippen LogP contribution in [0.15, 0.2) is 29.2 Å². The van der Waals surface area contributed by atoms with Crippen molar-refractivity contribution in [1.29, 1.82) is 0 Å². The fourth-order valence-corrected chi connectivity index (χ4v) is 4.47. The van der Waals surface area contributed by atoms with Gasteiger partial charge in [0.05, 0.1) is 17.1 Å². The molecule has 0 unspecified atom stereocenters. The Kier molecular flexibility index (Phi) is 5.95. The smallest absolute Gasteiger partial charge is 0.241 e. The van der Waals surface area contributed by atoms with E-state index in [1.54, 1.807) is 25.1 Å². The van der Waals surface area contributed by atoms with Gasteiger partial charge in [0.25, 0.3) is 0 Å². The molecule has 1 amide bonds. The van der Waals surface area contributed by atoms with Gasteiger partial charge < -0.3 is 10.2 Å². The van der Waals surface area contributed by atoms with Crippen LogP contribution in [0.2, 0.25) is 0 Å². The van der Waals surface area contributed by atoms with Crippen molar-refractivity contribution in [2.45, 2.75) is 45.1 Å². The quantitative estimate of drug-likeness (QED) is 0.766. The minimum absolute atomic E-state index is 0.0828. The lowest BCUT2D eigenvalue weighted by atomic mass is 10.2. The predicted molar refractivity (Wildman–Crippen MR) is 108 cm³/mol. The summed E-state index contributed by atoms with van der Waals surface area (Å²) in [5, 5.41) is 2.65. The average Bonchev–Trinajstić information content (AvgIpc) is 3.13. The predicted octanol–water partition coefficient (Wildman–Crippen LogP) is 2.13. The van der Waals surface area contributed by atoms with Crippen molar-refractivity contribution in [3.63, 3.8) is 0 Å². The molecule has 150 valence electrons. The van der Waals surface area contributed by atoms with Gasteiger partial charge in [0.15, 0.2) is 0 Å². The summed E-state index contributed by atoms with van der Waals surface area (Å²) in [5.41, 5.74) is 2.55. The van der Waals surface area contributed by atoms with Gasteiger partial charge in [0.2, 0.25) is 21.9 Å². The van der Waals surface area contributed by atoms with Gasteiger partial charge >= 0.3 is 0 Å². The highest BCUT2D eigenvalue weighted by atomic mass is 32.2. The minimum Gasteiger partial charge on any atom is -0.341 e. The number of nitrogens with zero attached hydrogens (tertiary/aromatic N) is 3. The Morgan fingerprint density at radius 1 is 1.14 bits per heavy atom. The van der Waals surface area contributed by atoms with E-state index in [4.69, 9.17) is 0 Å². The van der Waals surface area contributed by atoms with E-state index in [1.165, 1.54) is 13.0 Å². The molecule has 0 atom stereocenters. The third-order valence-corrected chi connectivity index (χ3v) is 6.07. The number of sulfonamides is 1. The molecule has 2 aromatic rings. The standard InChI is InChI=1S/C19H25N5O3S/c1-13-10-16(22-15(3)25)6-7-18(13)28(26,27)20-12-17-11-14(2)21-19(23-17)24-8-4-5-9-24/h6-7,10-11,20H,4-5,8-9,12H2,1-3H3,(H,22,25). The average molecular weight is 404 g/mol. The third kappa shape index (κ3) is 4.85. The van der Waals surface area contributed by atoms with Crippen molar-refractivity contribution >= 4 is 27.6 Å². The number of aryl methyl sites for hydroxylation is 2. The van der Waals surface area contributed by atoms with Gasteiger partial charge in [-0.2, -0.15) is 0 Å². The van der Waals surface area contributed by atoms with Crippen LogP contribution in [-0.2, 0) is 21.4 Å². The summed E-state index contributed by atoms with van der Waals surface area (Å²) in [5.74, 6) is 0.448. The minimum atomic E-state index is -3.72. The van der Waals surface area contributed by atoms with Gasteiger partial charge in [-0.15, -0.1) is 0 Å². The molecule has 8 nitrogen and oxygen atoms in total. The number of amides is 1. The van der Waals surface area contributed by atoms with Crippen LogP contribution in [0.3, 0.4) is 0 Å². The topological polar surface area (TPSA) is 104 Å². The van der Waals surface area contributed by atoms with E-state index in [2.05, 4.69) is 24.9 Å². The summed E-state index contributed by atoms with van der Waals surface area (Å²) in [6, 6.07) is 6.48. The summed E-state index contributed by atoms with van der Waals surface area (Å²) in [6.45, 7) is 6.91. The first-order valence-electron chi connectivity index (χ1n) is 9.22. The first-order chi connectivity index (χ1) is 13.2. The van der Waals surface area contributed by atoms with Gasteiger partial charge in [-0.1, -0.05) is 0 Å². The number of hydrogen-bond acceptors (Lipinski definition) is 6. The van der Waals surface area contributed by atoms with Crippen LogP contribution in [0.25, 0.3) is 0 Å². The number of aromatic nitrogens is 2. The Hall–Kier alpha value is -2.52. The molecule has 2 heterocycles. The van der Waals surface area contributed by atoms with E-state index in [-0.39, 0.29) is 17.3 Å². The van der Waals surface area contributed by atoms with Crippen LogP contribution in [0.5, 0.6) is 0 Å². The lowest BCUT2D eigenvalue weighted by Gasteiger charge is -2.17. The summed E-state index contributed by atoms with van der Waals surface area (Å²) in [6.07, 6.45) is 2.24. The second-order valence-corrected chi connectivity index (χ2v) is 8.72. The maximum Gasteiger partial charge on any atom is 0.241 e. The van der Waals surface area contributed by atoms with Crippen LogP contribution in [0, 0.1) is 13.8 Å². The Balaban J connectivity index is 1.75. The molecule has 0 aliphatic carbocycles. The lowest BCUT2D eigenvalue weighted by Crippen LogP contribution is -2.26. The highest BCUT2D eigenvalue weighted by molar-refractivity contribution is 7.89.